The predicted octanol–water partition coefficient (Wildman–Crippen LogP) is 2.10. The van der Waals surface area contributed by atoms with Crippen molar-refractivity contribution in [1.29, 1.82) is 0 Å². The van der Waals surface area contributed by atoms with Gasteiger partial charge in [0.05, 0.1) is 23.8 Å². The summed E-state index contributed by atoms with van der Waals surface area (Å²) in [6, 6.07) is 10.2. The van der Waals surface area contributed by atoms with Crippen molar-refractivity contribution in [3.63, 3.8) is 0 Å². The normalized spacial score (nSPS) is 11.3. The molecule has 2 heterocycles. The zero-order valence-electron chi connectivity index (χ0n) is 16.6. The van der Waals surface area contributed by atoms with Gasteiger partial charge in [-0.15, -0.1) is 0 Å². The van der Waals surface area contributed by atoms with Gasteiger partial charge in [0.2, 0.25) is 5.91 Å². The van der Waals surface area contributed by atoms with Crippen molar-refractivity contribution < 1.29 is 9.53 Å². The van der Waals surface area contributed by atoms with Crippen LogP contribution in [0.3, 0.4) is 0 Å². The van der Waals surface area contributed by atoms with Gasteiger partial charge in [-0.3, -0.25) is 14.2 Å². The van der Waals surface area contributed by atoms with Gasteiger partial charge in [0.15, 0.2) is 0 Å². The number of ether oxygens (including phenoxy) is 1. The highest BCUT2D eigenvalue weighted by molar-refractivity contribution is 6.30. The number of hydrogen-bond acceptors (Lipinski definition) is 4. The summed E-state index contributed by atoms with van der Waals surface area (Å²) in [4.78, 5) is 38.8. The first kappa shape index (κ1) is 19.8. The second-order valence-electron chi connectivity index (χ2n) is 7.05. The summed E-state index contributed by atoms with van der Waals surface area (Å²) in [7, 11) is 3.25. The van der Waals surface area contributed by atoms with Crippen molar-refractivity contribution in [3.8, 4) is 11.4 Å². The van der Waals surface area contributed by atoms with Crippen LogP contribution in [0.4, 0.5) is 0 Å². The maximum atomic E-state index is 13.5. The molecule has 8 nitrogen and oxygen atoms in total. The highest BCUT2D eigenvalue weighted by atomic mass is 35.5. The zero-order valence-corrected chi connectivity index (χ0v) is 17.4. The van der Waals surface area contributed by atoms with Gasteiger partial charge in [-0.2, -0.15) is 0 Å². The number of fused-ring (bicyclic) bond motifs is 3. The Bertz CT molecular complexity index is 1460. The van der Waals surface area contributed by atoms with Gasteiger partial charge in [0, 0.05) is 17.5 Å². The Labute approximate surface area is 175 Å². The molecule has 2 aromatic carbocycles. The number of hydrogen-bond donors (Lipinski definition) is 1. The lowest BCUT2D eigenvalue weighted by Crippen LogP contribution is -2.41. The van der Waals surface area contributed by atoms with Gasteiger partial charge in [0.1, 0.15) is 17.8 Å². The minimum Gasteiger partial charge on any atom is -0.497 e. The quantitative estimate of drug-likeness (QED) is 0.540. The van der Waals surface area contributed by atoms with Crippen LogP contribution in [0.2, 0.25) is 5.02 Å². The summed E-state index contributed by atoms with van der Waals surface area (Å²) >= 11 is 6.13. The molecular formula is C21H19ClN4O4. The second kappa shape index (κ2) is 7.07. The highest BCUT2D eigenvalue weighted by Gasteiger charge is 2.23. The third-order valence-corrected chi connectivity index (χ3v) is 5.44. The van der Waals surface area contributed by atoms with Gasteiger partial charge in [-0.25, -0.2) is 9.36 Å². The van der Waals surface area contributed by atoms with Crippen LogP contribution in [0, 0.1) is 6.92 Å². The number of rotatable bonds is 4. The summed E-state index contributed by atoms with van der Waals surface area (Å²) in [5.41, 5.74) is 6.58. The van der Waals surface area contributed by atoms with Crippen molar-refractivity contribution in [2.45, 2.75) is 13.5 Å². The van der Waals surface area contributed by atoms with Crippen molar-refractivity contribution in [3.05, 3.63) is 67.8 Å². The summed E-state index contributed by atoms with van der Waals surface area (Å²) < 4.78 is 9.25. The van der Waals surface area contributed by atoms with E-state index >= 15 is 0 Å². The number of carbonyl (C=O) groups excluding carboxylic acids is 1. The summed E-state index contributed by atoms with van der Waals surface area (Å²) in [6.07, 6.45) is 0. The molecular weight excluding hydrogens is 408 g/mol. The van der Waals surface area contributed by atoms with Gasteiger partial charge >= 0.3 is 5.69 Å². The van der Waals surface area contributed by atoms with E-state index < -0.39 is 17.2 Å². The molecule has 0 atom stereocenters. The van der Waals surface area contributed by atoms with E-state index in [1.165, 1.54) is 11.7 Å². The Morgan fingerprint density at radius 1 is 1.13 bits per heavy atom. The smallest absolute Gasteiger partial charge is 0.336 e. The minimum absolute atomic E-state index is 0.262. The second-order valence-corrected chi connectivity index (χ2v) is 7.48. The van der Waals surface area contributed by atoms with Crippen LogP contribution >= 0.6 is 11.6 Å². The number of halogens is 1. The van der Waals surface area contributed by atoms with E-state index in [0.717, 1.165) is 4.57 Å². The predicted molar refractivity (Wildman–Crippen MR) is 116 cm³/mol. The first-order valence-electron chi connectivity index (χ1n) is 9.11. The number of nitrogens with zero attached hydrogens (tertiary/aromatic N) is 3. The molecule has 154 valence electrons. The summed E-state index contributed by atoms with van der Waals surface area (Å²) in [6.45, 7) is 1.39. The van der Waals surface area contributed by atoms with Crippen LogP contribution in [-0.4, -0.2) is 26.7 Å². The molecule has 0 aliphatic rings. The molecule has 9 heteroatoms. The molecule has 0 unspecified atom stereocenters. The fraction of sp³-hybridized carbons (Fsp3) is 0.190. The Morgan fingerprint density at radius 2 is 1.87 bits per heavy atom. The highest BCUT2D eigenvalue weighted by Crippen LogP contribution is 2.29. The molecule has 0 radical (unpaired) electrons. The van der Waals surface area contributed by atoms with Crippen molar-refractivity contribution in [1.82, 2.24) is 13.7 Å². The number of nitrogens with two attached hydrogens (primary N) is 1. The third-order valence-electron chi connectivity index (χ3n) is 5.20. The van der Waals surface area contributed by atoms with Gasteiger partial charge in [0.25, 0.3) is 5.56 Å². The van der Waals surface area contributed by atoms with Crippen LogP contribution in [-0.2, 0) is 18.4 Å². The molecule has 0 fully saturated rings. The first-order chi connectivity index (χ1) is 14.2. The van der Waals surface area contributed by atoms with Crippen LogP contribution in [0.5, 0.6) is 5.75 Å². The largest absolute Gasteiger partial charge is 0.497 e. The Kier molecular flexibility index (Phi) is 4.66. The molecule has 0 saturated heterocycles. The molecule has 2 aromatic heterocycles. The van der Waals surface area contributed by atoms with Crippen LogP contribution < -0.4 is 21.7 Å². The molecule has 0 saturated carbocycles. The fourth-order valence-corrected chi connectivity index (χ4v) is 3.96. The van der Waals surface area contributed by atoms with E-state index in [4.69, 9.17) is 22.1 Å². The number of methoxy groups -OCH3 is 1. The average Bonchev–Trinajstić information content (AvgIpc) is 2.99. The summed E-state index contributed by atoms with van der Waals surface area (Å²) in [5, 5.41) is 0.988. The molecule has 30 heavy (non-hydrogen) atoms. The molecule has 2 N–H and O–H groups in total. The lowest BCUT2D eigenvalue weighted by atomic mass is 10.2. The van der Waals surface area contributed by atoms with Gasteiger partial charge in [-0.05, 0) is 42.8 Å². The van der Waals surface area contributed by atoms with Crippen LogP contribution in [0.15, 0.2) is 46.0 Å². The monoisotopic (exact) mass is 426 g/mol. The molecule has 0 spiro atoms. The zero-order chi connectivity index (χ0) is 21.7. The molecule has 0 aliphatic carbocycles. The van der Waals surface area contributed by atoms with Crippen molar-refractivity contribution in [2.75, 3.05) is 7.11 Å². The topological polar surface area (TPSA) is 101 Å². The molecule has 4 aromatic rings. The number of amides is 1. The lowest BCUT2D eigenvalue weighted by molar-refractivity contribution is -0.118. The van der Waals surface area contributed by atoms with E-state index in [1.54, 1.807) is 54.9 Å². The Hall–Kier alpha value is -3.52. The Morgan fingerprint density at radius 3 is 2.53 bits per heavy atom. The number of benzene rings is 2. The number of carbonyl (C=O) groups is 1. The standard InChI is InChI=1S/C21H19ClN4O4/c1-11-4-5-12(22)8-16(11)26-20(28)19-18(25(21(26)29)10-17(23)27)14-9-13(30-3)6-7-15(14)24(19)2/h4-9H,10H2,1-3H3,(H2,23,27). The number of aromatic nitrogens is 3. The lowest BCUT2D eigenvalue weighted by Gasteiger charge is -2.14. The van der Waals surface area contributed by atoms with E-state index in [9.17, 15) is 14.4 Å². The molecule has 0 aliphatic heterocycles. The maximum Gasteiger partial charge on any atom is 0.336 e. The number of primary amides is 1. The van der Waals surface area contributed by atoms with E-state index in [0.29, 0.717) is 38.4 Å². The molecule has 1 amide bonds. The van der Waals surface area contributed by atoms with Crippen LogP contribution in [0.25, 0.3) is 27.6 Å². The molecule has 4 rings (SSSR count). The maximum absolute atomic E-state index is 13.5. The van der Waals surface area contributed by atoms with Gasteiger partial charge in [-0.1, -0.05) is 17.7 Å². The first-order valence-corrected chi connectivity index (χ1v) is 9.49. The minimum atomic E-state index is -0.702. The van der Waals surface area contributed by atoms with E-state index in [2.05, 4.69) is 0 Å². The third kappa shape index (κ3) is 2.88. The fourth-order valence-electron chi connectivity index (χ4n) is 3.80. The van der Waals surface area contributed by atoms with E-state index in [1.807, 2.05) is 0 Å². The number of aryl methyl sites for hydroxylation is 2. The Balaban J connectivity index is 2.27. The SMILES string of the molecule is COc1ccc2c(c1)c1c(c(=O)n(-c3cc(Cl)ccc3C)c(=O)n1CC(N)=O)n2C. The molecule has 0 bridgehead atoms. The average molecular weight is 427 g/mol. The van der Waals surface area contributed by atoms with Gasteiger partial charge < -0.3 is 15.0 Å². The van der Waals surface area contributed by atoms with E-state index in [-0.39, 0.29) is 12.1 Å². The van der Waals surface area contributed by atoms with Crippen molar-refractivity contribution in [2.24, 2.45) is 12.8 Å². The van der Waals surface area contributed by atoms with Crippen LogP contribution in [0.1, 0.15) is 5.56 Å². The van der Waals surface area contributed by atoms with Crippen molar-refractivity contribution >= 4 is 39.4 Å². The summed E-state index contributed by atoms with van der Waals surface area (Å²) in [5.74, 6) is -0.144.